The first-order valence-electron chi connectivity index (χ1n) is 6.85. The molecule has 0 amide bonds. The highest BCUT2D eigenvalue weighted by atomic mass is 16.5. The van der Waals surface area contributed by atoms with Crippen LogP contribution in [0.4, 0.5) is 0 Å². The normalized spacial score (nSPS) is 11.9. The Morgan fingerprint density at radius 1 is 0.944 bits per heavy atom. The molecule has 0 atom stereocenters. The van der Waals surface area contributed by atoms with Crippen LogP contribution >= 0.6 is 0 Å². The second kappa shape index (κ2) is 13.8. The molecule has 0 aromatic heterocycles. The van der Waals surface area contributed by atoms with Crippen molar-refractivity contribution in [2.45, 2.75) is 52.4 Å². The third-order valence-electron chi connectivity index (χ3n) is 2.34. The monoisotopic (exact) mass is 250 g/mol. The molecule has 0 aliphatic rings. The van der Waals surface area contributed by atoms with Crippen molar-refractivity contribution in [3.63, 3.8) is 0 Å². The molecule has 0 aromatic carbocycles. The molecule has 0 spiro atoms. The fourth-order valence-electron chi connectivity index (χ4n) is 1.42. The van der Waals surface area contributed by atoms with Gasteiger partial charge in [0.2, 0.25) is 0 Å². The Kier molecular flexibility index (Phi) is 12.8. The molecule has 102 valence electrons. The first-order chi connectivity index (χ1) is 8.77. The van der Waals surface area contributed by atoms with Crippen LogP contribution in [0.25, 0.3) is 0 Å². The lowest BCUT2D eigenvalue weighted by Crippen LogP contribution is -1.98. The standard InChI is InChI=1S/C16H26O2/c1-3-4-5-6-7-8-9-10-11-12-13-14-15-18-16(2)17/h4-5,7-8,12-13H,3,6,9-11,14-15H2,1-2H3/b5-4-,8-7-,13-12+. The summed E-state index contributed by atoms with van der Waals surface area (Å²) in [5.41, 5.74) is 0. The van der Waals surface area contributed by atoms with E-state index in [1.165, 1.54) is 13.3 Å². The Morgan fingerprint density at radius 2 is 1.56 bits per heavy atom. The van der Waals surface area contributed by atoms with Crippen LogP contribution in [0.5, 0.6) is 0 Å². The van der Waals surface area contributed by atoms with Gasteiger partial charge in [-0.2, -0.15) is 0 Å². The van der Waals surface area contributed by atoms with E-state index in [4.69, 9.17) is 4.74 Å². The number of carbonyl (C=O) groups is 1. The third kappa shape index (κ3) is 14.7. The van der Waals surface area contributed by atoms with Gasteiger partial charge >= 0.3 is 5.97 Å². The molecule has 0 bridgehead atoms. The van der Waals surface area contributed by atoms with E-state index < -0.39 is 0 Å². The average molecular weight is 250 g/mol. The smallest absolute Gasteiger partial charge is 0.302 e. The fourth-order valence-corrected chi connectivity index (χ4v) is 1.42. The zero-order valence-corrected chi connectivity index (χ0v) is 11.7. The minimum absolute atomic E-state index is 0.203. The second-order valence-corrected chi connectivity index (χ2v) is 4.12. The number of hydrogen-bond acceptors (Lipinski definition) is 2. The molecule has 0 saturated heterocycles. The van der Waals surface area contributed by atoms with Crippen LogP contribution in [0, 0.1) is 0 Å². The average Bonchev–Trinajstić information content (AvgIpc) is 2.34. The molecule has 0 fully saturated rings. The number of rotatable bonds is 10. The molecule has 0 aromatic rings. The molecule has 2 nitrogen and oxygen atoms in total. The molecule has 0 rings (SSSR count). The molecule has 0 saturated carbocycles. The van der Waals surface area contributed by atoms with Gasteiger partial charge in [0, 0.05) is 6.92 Å². The summed E-state index contributed by atoms with van der Waals surface area (Å²) in [5.74, 6) is -0.203. The van der Waals surface area contributed by atoms with Crippen molar-refractivity contribution in [3.05, 3.63) is 36.5 Å². The van der Waals surface area contributed by atoms with Gasteiger partial charge < -0.3 is 4.74 Å². The van der Waals surface area contributed by atoms with Crippen LogP contribution in [0.3, 0.4) is 0 Å². The first kappa shape index (κ1) is 16.7. The molecule has 0 heterocycles. The Morgan fingerprint density at radius 3 is 2.22 bits per heavy atom. The van der Waals surface area contributed by atoms with Crippen molar-refractivity contribution in [2.75, 3.05) is 6.61 Å². The largest absolute Gasteiger partial charge is 0.466 e. The van der Waals surface area contributed by atoms with Crippen LogP contribution in [0.1, 0.15) is 52.4 Å². The molecule has 0 aliphatic heterocycles. The van der Waals surface area contributed by atoms with Crippen LogP contribution in [-0.4, -0.2) is 12.6 Å². The van der Waals surface area contributed by atoms with Gasteiger partial charge in [-0.3, -0.25) is 4.79 Å². The Bertz CT molecular complexity index is 275. The lowest BCUT2D eigenvalue weighted by Gasteiger charge is -1.96. The maximum Gasteiger partial charge on any atom is 0.302 e. The summed E-state index contributed by atoms with van der Waals surface area (Å²) >= 11 is 0. The molecule has 0 N–H and O–H groups in total. The maximum atomic E-state index is 10.5. The van der Waals surface area contributed by atoms with Crippen LogP contribution in [0.2, 0.25) is 0 Å². The summed E-state index contributed by atoms with van der Waals surface area (Å²) in [6.07, 6.45) is 19.5. The van der Waals surface area contributed by atoms with Gasteiger partial charge in [0.05, 0.1) is 6.61 Å². The first-order valence-corrected chi connectivity index (χ1v) is 6.85. The topological polar surface area (TPSA) is 26.3 Å². The lowest BCUT2D eigenvalue weighted by atomic mass is 10.2. The number of carbonyl (C=O) groups excluding carboxylic acids is 1. The van der Waals surface area contributed by atoms with Gasteiger partial charge in [-0.15, -0.1) is 0 Å². The summed E-state index contributed by atoms with van der Waals surface area (Å²) in [6.45, 7) is 4.08. The maximum absolute atomic E-state index is 10.5. The Hall–Kier alpha value is -1.31. The third-order valence-corrected chi connectivity index (χ3v) is 2.34. The summed E-state index contributed by atoms with van der Waals surface area (Å²) in [4.78, 5) is 10.5. The summed E-state index contributed by atoms with van der Waals surface area (Å²) in [5, 5.41) is 0. The lowest BCUT2D eigenvalue weighted by molar-refractivity contribution is -0.140. The quantitative estimate of drug-likeness (QED) is 0.322. The van der Waals surface area contributed by atoms with Crippen LogP contribution in [0.15, 0.2) is 36.5 Å². The highest BCUT2D eigenvalue weighted by molar-refractivity contribution is 5.65. The van der Waals surface area contributed by atoms with E-state index in [1.807, 2.05) is 0 Å². The van der Waals surface area contributed by atoms with Gasteiger partial charge in [-0.1, -0.05) is 43.4 Å². The SMILES string of the molecule is CC/C=C\C/C=C\CCC/C=C/CCOC(C)=O. The zero-order valence-electron chi connectivity index (χ0n) is 11.7. The van der Waals surface area contributed by atoms with E-state index in [1.54, 1.807) is 0 Å². The number of esters is 1. The van der Waals surface area contributed by atoms with Crippen molar-refractivity contribution in [3.8, 4) is 0 Å². The minimum atomic E-state index is -0.203. The van der Waals surface area contributed by atoms with Crippen molar-refractivity contribution < 1.29 is 9.53 Å². The minimum Gasteiger partial charge on any atom is -0.466 e. The highest BCUT2D eigenvalue weighted by Gasteiger charge is 1.88. The predicted octanol–water partition coefficient (Wildman–Crippen LogP) is 4.58. The molecular formula is C16H26O2. The van der Waals surface area contributed by atoms with Gasteiger partial charge in [-0.05, 0) is 38.5 Å². The van der Waals surface area contributed by atoms with Crippen molar-refractivity contribution in [1.82, 2.24) is 0 Å². The molecule has 0 unspecified atom stereocenters. The van der Waals surface area contributed by atoms with E-state index >= 15 is 0 Å². The molecule has 2 heteroatoms. The number of ether oxygens (including phenoxy) is 1. The van der Waals surface area contributed by atoms with E-state index in [9.17, 15) is 4.79 Å². The van der Waals surface area contributed by atoms with Gasteiger partial charge in [-0.25, -0.2) is 0 Å². The Balaban J connectivity index is 3.26. The van der Waals surface area contributed by atoms with Gasteiger partial charge in [0.25, 0.3) is 0 Å². The Labute approximate surface area is 111 Å². The molecule has 0 aliphatic carbocycles. The second-order valence-electron chi connectivity index (χ2n) is 4.12. The number of allylic oxidation sites excluding steroid dienone is 5. The molecular weight excluding hydrogens is 224 g/mol. The summed E-state index contributed by atoms with van der Waals surface area (Å²) in [6, 6.07) is 0. The van der Waals surface area contributed by atoms with Crippen molar-refractivity contribution >= 4 is 5.97 Å². The van der Waals surface area contributed by atoms with E-state index in [2.05, 4.69) is 43.4 Å². The summed E-state index contributed by atoms with van der Waals surface area (Å²) < 4.78 is 4.83. The highest BCUT2D eigenvalue weighted by Crippen LogP contribution is 2.00. The van der Waals surface area contributed by atoms with Crippen LogP contribution in [-0.2, 0) is 9.53 Å². The van der Waals surface area contributed by atoms with Crippen molar-refractivity contribution in [2.24, 2.45) is 0 Å². The molecule has 18 heavy (non-hydrogen) atoms. The fraction of sp³-hybridized carbons (Fsp3) is 0.562. The van der Waals surface area contributed by atoms with Crippen LogP contribution < -0.4 is 0 Å². The van der Waals surface area contributed by atoms with E-state index in [0.717, 1.165) is 32.1 Å². The predicted molar refractivity (Wildman–Crippen MR) is 77.4 cm³/mol. The number of hydrogen-bond donors (Lipinski definition) is 0. The zero-order chi connectivity index (χ0) is 13.5. The molecule has 0 radical (unpaired) electrons. The van der Waals surface area contributed by atoms with Crippen molar-refractivity contribution in [1.29, 1.82) is 0 Å². The van der Waals surface area contributed by atoms with Gasteiger partial charge in [0.15, 0.2) is 0 Å². The number of unbranched alkanes of at least 4 members (excludes halogenated alkanes) is 2. The summed E-state index contributed by atoms with van der Waals surface area (Å²) in [7, 11) is 0. The van der Waals surface area contributed by atoms with Gasteiger partial charge in [0.1, 0.15) is 0 Å². The van der Waals surface area contributed by atoms with E-state index in [-0.39, 0.29) is 5.97 Å². The van der Waals surface area contributed by atoms with E-state index in [0.29, 0.717) is 6.61 Å².